The number of esters is 2. The number of allylic oxidation sites excluding steroid dienone is 1. The van der Waals surface area contributed by atoms with Crippen LogP contribution in [0.5, 0.6) is 11.5 Å². The van der Waals surface area contributed by atoms with Gasteiger partial charge >= 0.3 is 11.9 Å². The van der Waals surface area contributed by atoms with E-state index in [0.29, 0.717) is 66.9 Å². The van der Waals surface area contributed by atoms with Crippen molar-refractivity contribution in [3.63, 3.8) is 0 Å². The Morgan fingerprint density at radius 2 is 1.82 bits per heavy atom. The number of likely N-dealkylation sites (tertiary alicyclic amines) is 1. The zero-order valence-electron chi connectivity index (χ0n) is 23.0. The van der Waals surface area contributed by atoms with E-state index in [0.717, 1.165) is 11.3 Å². The molecule has 1 amide bonds. The summed E-state index contributed by atoms with van der Waals surface area (Å²) in [5.41, 5.74) is 2.50. The Morgan fingerprint density at radius 1 is 1.08 bits per heavy atom. The number of carbonyl (C=O) groups is 3. The van der Waals surface area contributed by atoms with Crippen LogP contribution >= 0.6 is 11.8 Å². The Morgan fingerprint density at radius 3 is 2.44 bits per heavy atom. The molecule has 3 heterocycles. The molecule has 3 aliphatic heterocycles. The number of amides is 1. The Hall–Kier alpha value is -3.47. The van der Waals surface area contributed by atoms with Gasteiger partial charge in [-0.05, 0) is 43.7 Å². The number of rotatable bonds is 9. The molecule has 0 unspecified atom stereocenters. The second-order valence-corrected chi connectivity index (χ2v) is 10.1. The lowest BCUT2D eigenvalue weighted by Gasteiger charge is -2.38. The molecule has 1 atom stereocenters. The first-order chi connectivity index (χ1) is 18.9. The van der Waals surface area contributed by atoms with Gasteiger partial charge in [-0.1, -0.05) is 18.7 Å². The van der Waals surface area contributed by atoms with Gasteiger partial charge in [-0.15, -0.1) is 0 Å². The number of benzene rings is 1. The molecule has 0 bridgehead atoms. The minimum Gasteiger partial charge on any atom is -0.497 e. The van der Waals surface area contributed by atoms with Crippen molar-refractivity contribution in [3.05, 3.63) is 46.1 Å². The lowest BCUT2D eigenvalue weighted by molar-refractivity contribution is -0.151. The molecule has 1 saturated heterocycles. The van der Waals surface area contributed by atoms with Crippen LogP contribution in [0.4, 0.5) is 0 Å². The average molecular weight is 558 g/mol. The highest BCUT2D eigenvalue weighted by Gasteiger charge is 2.43. The second kappa shape index (κ2) is 12.6. The first-order valence-electron chi connectivity index (χ1n) is 13.1. The highest BCUT2D eigenvalue weighted by atomic mass is 32.2. The van der Waals surface area contributed by atoms with Crippen molar-refractivity contribution in [2.45, 2.75) is 45.6 Å². The van der Waals surface area contributed by atoms with Crippen LogP contribution in [0.25, 0.3) is 0 Å². The summed E-state index contributed by atoms with van der Waals surface area (Å²) >= 11 is 1.42. The van der Waals surface area contributed by atoms with Crippen LogP contribution in [0, 0.1) is 5.92 Å². The highest BCUT2D eigenvalue weighted by Crippen LogP contribution is 2.48. The van der Waals surface area contributed by atoms with Gasteiger partial charge in [-0.3, -0.25) is 9.59 Å². The van der Waals surface area contributed by atoms with Crippen LogP contribution in [-0.4, -0.2) is 73.8 Å². The Kier molecular flexibility index (Phi) is 9.21. The van der Waals surface area contributed by atoms with Crippen LogP contribution < -0.4 is 9.47 Å². The number of thioether (sulfide) groups is 1. The van der Waals surface area contributed by atoms with E-state index >= 15 is 0 Å². The minimum absolute atomic E-state index is 0.0456. The van der Waals surface area contributed by atoms with Crippen molar-refractivity contribution in [1.82, 2.24) is 9.80 Å². The lowest BCUT2D eigenvalue weighted by atomic mass is 9.92. The number of aliphatic imine (C=N–C) groups is 1. The third-order valence-electron chi connectivity index (χ3n) is 7.16. The van der Waals surface area contributed by atoms with E-state index < -0.39 is 12.0 Å². The molecule has 0 aromatic heterocycles. The quantitative estimate of drug-likeness (QED) is 0.416. The summed E-state index contributed by atoms with van der Waals surface area (Å²) in [6.07, 6.45) is 1.81. The summed E-state index contributed by atoms with van der Waals surface area (Å²) in [5.74, 6) is 0.257. The molecule has 1 fully saturated rings. The molecule has 1 aromatic rings. The third-order valence-corrected chi connectivity index (χ3v) is 8.05. The molecule has 10 nitrogen and oxygen atoms in total. The van der Waals surface area contributed by atoms with E-state index in [-0.39, 0.29) is 24.2 Å². The number of methoxy groups -OCH3 is 3. The number of hydrogen-bond donors (Lipinski definition) is 0. The first kappa shape index (κ1) is 28.5. The number of hydrogen-bond acceptors (Lipinski definition) is 10. The Bertz CT molecular complexity index is 1220. The lowest BCUT2D eigenvalue weighted by Crippen LogP contribution is -2.42. The fourth-order valence-electron chi connectivity index (χ4n) is 5.14. The van der Waals surface area contributed by atoms with Gasteiger partial charge in [0, 0.05) is 30.4 Å². The summed E-state index contributed by atoms with van der Waals surface area (Å²) in [7, 11) is 4.49. The van der Waals surface area contributed by atoms with Gasteiger partial charge in [-0.2, -0.15) is 0 Å². The summed E-state index contributed by atoms with van der Waals surface area (Å²) in [6.45, 7) is 5.07. The molecule has 0 radical (unpaired) electrons. The monoisotopic (exact) mass is 557 g/mol. The van der Waals surface area contributed by atoms with Crippen molar-refractivity contribution in [1.29, 1.82) is 0 Å². The smallest absolute Gasteiger partial charge is 0.338 e. The summed E-state index contributed by atoms with van der Waals surface area (Å²) in [4.78, 5) is 47.2. The van der Waals surface area contributed by atoms with Crippen LogP contribution in [0.2, 0.25) is 0 Å². The fraction of sp³-hybridized carbons (Fsp3) is 0.500. The number of piperidine rings is 1. The Labute approximate surface area is 233 Å². The van der Waals surface area contributed by atoms with Gasteiger partial charge in [0.15, 0.2) is 5.17 Å². The maximum atomic E-state index is 13.4. The van der Waals surface area contributed by atoms with E-state index in [4.69, 9.17) is 23.9 Å². The molecule has 1 aromatic carbocycles. The molecule has 0 N–H and O–H groups in total. The van der Waals surface area contributed by atoms with Gasteiger partial charge in [0.05, 0.1) is 57.6 Å². The van der Waals surface area contributed by atoms with Crippen LogP contribution in [0.15, 0.2) is 45.6 Å². The molecule has 39 heavy (non-hydrogen) atoms. The number of carbonyl (C=O) groups excluding carboxylic acids is 3. The van der Waals surface area contributed by atoms with Crippen molar-refractivity contribution in [2.24, 2.45) is 10.9 Å². The standard InChI is InChI=1S/C28H35N3O7S/c1-6-21-24(27(34)37-5)25(20-9-8-19(35-3)15-22(20)36-4)31-18(16-39-28(31)29-21)14-23(32)30-12-10-17(11-13-30)26(33)38-7-2/h8-9,15-17,25H,6-7,10-14H2,1-5H3/t25-/m1/s1. The normalized spacial score (nSPS) is 19.3. The van der Waals surface area contributed by atoms with E-state index in [1.807, 2.05) is 29.4 Å². The maximum Gasteiger partial charge on any atom is 0.338 e. The van der Waals surface area contributed by atoms with Crippen LogP contribution in [0.1, 0.15) is 51.1 Å². The maximum absolute atomic E-state index is 13.4. The number of fused-ring (bicyclic) bond motifs is 1. The predicted octanol–water partition coefficient (Wildman–Crippen LogP) is 4.03. The highest BCUT2D eigenvalue weighted by molar-refractivity contribution is 8.16. The van der Waals surface area contributed by atoms with Gasteiger partial charge in [0.25, 0.3) is 0 Å². The van der Waals surface area contributed by atoms with Crippen LogP contribution in [-0.2, 0) is 23.9 Å². The van der Waals surface area contributed by atoms with Crippen molar-refractivity contribution in [3.8, 4) is 11.5 Å². The molecule has 210 valence electrons. The molecule has 0 saturated carbocycles. The van der Waals surface area contributed by atoms with E-state index in [1.54, 1.807) is 32.1 Å². The van der Waals surface area contributed by atoms with Gasteiger partial charge in [0.1, 0.15) is 11.5 Å². The van der Waals surface area contributed by atoms with Crippen LogP contribution in [0.3, 0.4) is 0 Å². The second-order valence-electron chi connectivity index (χ2n) is 9.29. The minimum atomic E-state index is -0.607. The van der Waals surface area contributed by atoms with Gasteiger partial charge in [0.2, 0.25) is 5.91 Å². The fourth-order valence-corrected chi connectivity index (χ4v) is 6.08. The zero-order chi connectivity index (χ0) is 28.1. The van der Waals surface area contributed by atoms with E-state index in [2.05, 4.69) is 0 Å². The van der Waals surface area contributed by atoms with Crippen molar-refractivity contribution in [2.75, 3.05) is 41.0 Å². The first-order valence-corrected chi connectivity index (χ1v) is 14.0. The number of nitrogens with zero attached hydrogens (tertiary/aromatic N) is 3. The average Bonchev–Trinajstić information content (AvgIpc) is 3.37. The van der Waals surface area contributed by atoms with Gasteiger partial charge < -0.3 is 28.7 Å². The summed E-state index contributed by atoms with van der Waals surface area (Å²) < 4.78 is 21.5. The molecule has 0 spiro atoms. The third kappa shape index (κ3) is 5.78. The molecule has 3 aliphatic rings. The van der Waals surface area contributed by atoms with E-state index in [1.165, 1.54) is 18.9 Å². The summed E-state index contributed by atoms with van der Waals surface area (Å²) in [5, 5.41) is 2.60. The SMILES string of the molecule is CCOC(=O)C1CCN(C(=O)CC2=CSC3=NC(CC)=C(C(=O)OC)[C@@H](c4ccc(OC)cc4OC)N23)CC1. The topological polar surface area (TPSA) is 107 Å². The molecule has 4 rings (SSSR count). The summed E-state index contributed by atoms with van der Waals surface area (Å²) in [6, 6.07) is 4.84. The molecular weight excluding hydrogens is 522 g/mol. The number of amidine groups is 1. The van der Waals surface area contributed by atoms with E-state index in [9.17, 15) is 14.4 Å². The Balaban J connectivity index is 1.63. The molecule has 0 aliphatic carbocycles. The predicted molar refractivity (Wildman–Crippen MR) is 147 cm³/mol. The van der Waals surface area contributed by atoms with Crippen molar-refractivity contribution >= 4 is 34.8 Å². The molecule has 11 heteroatoms. The zero-order valence-corrected chi connectivity index (χ0v) is 23.8. The van der Waals surface area contributed by atoms with Crippen molar-refractivity contribution < 1.29 is 33.3 Å². The van der Waals surface area contributed by atoms with Gasteiger partial charge in [-0.25, -0.2) is 9.79 Å². The largest absolute Gasteiger partial charge is 0.497 e. The molecular formula is C28H35N3O7S. The number of ether oxygens (including phenoxy) is 4.